The number of thioether (sulfide) groups is 1. The van der Waals surface area contributed by atoms with E-state index in [9.17, 15) is 19.7 Å². The second-order valence-electron chi connectivity index (χ2n) is 4.53. The number of aromatic nitrogens is 1. The van der Waals surface area contributed by atoms with Crippen molar-refractivity contribution in [3.05, 3.63) is 28.4 Å². The van der Waals surface area contributed by atoms with Crippen molar-refractivity contribution in [1.29, 1.82) is 0 Å². The lowest BCUT2D eigenvalue weighted by Crippen LogP contribution is -2.45. The van der Waals surface area contributed by atoms with Crippen molar-refractivity contribution < 1.29 is 19.6 Å². The van der Waals surface area contributed by atoms with E-state index in [2.05, 4.69) is 10.3 Å². The zero-order valence-electron chi connectivity index (χ0n) is 11.5. The maximum Gasteiger partial charge on any atom is 0.326 e. The van der Waals surface area contributed by atoms with E-state index in [-0.39, 0.29) is 17.4 Å². The van der Waals surface area contributed by atoms with Crippen LogP contribution in [0.25, 0.3) is 0 Å². The highest BCUT2D eigenvalue weighted by atomic mass is 32.2. The largest absolute Gasteiger partial charge is 0.480 e. The van der Waals surface area contributed by atoms with Gasteiger partial charge in [0.2, 0.25) is 5.91 Å². The smallest absolute Gasteiger partial charge is 0.326 e. The highest BCUT2D eigenvalue weighted by Gasteiger charge is 2.23. The molecule has 21 heavy (non-hydrogen) atoms. The maximum absolute atomic E-state index is 11.7. The van der Waals surface area contributed by atoms with Crippen LogP contribution in [0.1, 0.15) is 13.8 Å². The average Bonchev–Trinajstić information content (AvgIpc) is 2.42. The highest BCUT2D eigenvalue weighted by Crippen LogP contribution is 2.18. The van der Waals surface area contributed by atoms with Crippen LogP contribution in [-0.4, -0.2) is 38.7 Å². The Labute approximate surface area is 125 Å². The fourth-order valence-corrected chi connectivity index (χ4v) is 2.09. The summed E-state index contributed by atoms with van der Waals surface area (Å²) in [5.74, 6) is -1.76. The van der Waals surface area contributed by atoms with Crippen LogP contribution in [0.15, 0.2) is 23.4 Å². The number of rotatable bonds is 7. The molecule has 0 radical (unpaired) electrons. The second kappa shape index (κ2) is 7.58. The first kappa shape index (κ1) is 16.9. The third-order valence-corrected chi connectivity index (χ3v) is 3.48. The third kappa shape index (κ3) is 5.38. The highest BCUT2D eigenvalue weighted by molar-refractivity contribution is 7.99. The molecule has 1 aromatic heterocycles. The first-order chi connectivity index (χ1) is 9.81. The lowest BCUT2D eigenvalue weighted by molar-refractivity contribution is -0.385. The first-order valence-corrected chi connectivity index (χ1v) is 7.05. The number of carbonyl (C=O) groups is 2. The van der Waals surface area contributed by atoms with Gasteiger partial charge in [0.15, 0.2) is 0 Å². The van der Waals surface area contributed by atoms with Crippen molar-refractivity contribution in [2.75, 3.05) is 5.75 Å². The summed E-state index contributed by atoms with van der Waals surface area (Å²) < 4.78 is 0. The number of carbonyl (C=O) groups excluding carboxylic acids is 1. The molecule has 1 aromatic rings. The van der Waals surface area contributed by atoms with E-state index in [1.807, 2.05) is 0 Å². The minimum absolute atomic E-state index is 0.0126. The molecule has 0 saturated carbocycles. The molecule has 1 amide bonds. The molecule has 0 aliphatic carbocycles. The van der Waals surface area contributed by atoms with Crippen molar-refractivity contribution in [2.24, 2.45) is 5.92 Å². The SMILES string of the molecule is CC(C)C(NC(=O)CSc1ccc([N+](=O)[O-])cn1)C(=O)O. The molecule has 2 N–H and O–H groups in total. The molecule has 0 aliphatic heterocycles. The molecule has 1 rings (SSSR count). The Morgan fingerprint density at radius 2 is 2.14 bits per heavy atom. The maximum atomic E-state index is 11.7. The summed E-state index contributed by atoms with van der Waals surface area (Å²) in [5.41, 5.74) is -0.130. The molecule has 0 saturated heterocycles. The number of nitro groups is 1. The molecule has 1 unspecified atom stereocenters. The minimum atomic E-state index is -1.09. The quantitative estimate of drug-likeness (QED) is 0.442. The zero-order valence-corrected chi connectivity index (χ0v) is 12.3. The normalized spacial score (nSPS) is 12.0. The van der Waals surface area contributed by atoms with Crippen molar-refractivity contribution in [1.82, 2.24) is 10.3 Å². The Balaban J connectivity index is 2.52. The predicted octanol–water partition coefficient (Wildman–Crippen LogP) is 1.31. The summed E-state index contributed by atoms with van der Waals surface area (Å²) in [6, 6.07) is 1.79. The van der Waals surface area contributed by atoms with Gasteiger partial charge in [-0.15, -0.1) is 0 Å². The molecular weight excluding hydrogens is 298 g/mol. The second-order valence-corrected chi connectivity index (χ2v) is 5.52. The van der Waals surface area contributed by atoms with Gasteiger partial charge in [-0.25, -0.2) is 9.78 Å². The van der Waals surface area contributed by atoms with Gasteiger partial charge < -0.3 is 10.4 Å². The van der Waals surface area contributed by atoms with E-state index in [1.165, 1.54) is 12.1 Å². The molecule has 0 aromatic carbocycles. The molecule has 0 aliphatic rings. The van der Waals surface area contributed by atoms with Crippen LogP contribution in [0.2, 0.25) is 0 Å². The van der Waals surface area contributed by atoms with Gasteiger partial charge in [-0.2, -0.15) is 0 Å². The van der Waals surface area contributed by atoms with Crippen LogP contribution >= 0.6 is 11.8 Å². The summed E-state index contributed by atoms with van der Waals surface area (Å²) in [7, 11) is 0. The molecule has 9 heteroatoms. The molecule has 8 nitrogen and oxygen atoms in total. The summed E-state index contributed by atoms with van der Waals surface area (Å²) in [4.78, 5) is 36.4. The fourth-order valence-electron chi connectivity index (χ4n) is 1.43. The number of carboxylic acid groups (broad SMARTS) is 1. The lowest BCUT2D eigenvalue weighted by atomic mass is 10.1. The number of amides is 1. The third-order valence-electron chi connectivity index (χ3n) is 2.53. The van der Waals surface area contributed by atoms with Crippen molar-refractivity contribution in [3.8, 4) is 0 Å². The number of aliphatic carboxylic acids is 1. The Kier molecular flexibility index (Phi) is 6.10. The number of carboxylic acids is 1. The van der Waals surface area contributed by atoms with Gasteiger partial charge in [0, 0.05) is 6.07 Å². The molecule has 1 atom stereocenters. The lowest BCUT2D eigenvalue weighted by Gasteiger charge is -2.17. The van der Waals surface area contributed by atoms with Crippen LogP contribution in [0.5, 0.6) is 0 Å². The number of hydrogen-bond acceptors (Lipinski definition) is 6. The Hall–Kier alpha value is -2.16. The van der Waals surface area contributed by atoms with Crippen LogP contribution in [0.4, 0.5) is 5.69 Å². The van der Waals surface area contributed by atoms with Crippen LogP contribution in [0.3, 0.4) is 0 Å². The fraction of sp³-hybridized carbons (Fsp3) is 0.417. The Morgan fingerprint density at radius 3 is 2.57 bits per heavy atom. The minimum Gasteiger partial charge on any atom is -0.480 e. The molecule has 0 spiro atoms. The van der Waals surface area contributed by atoms with E-state index >= 15 is 0 Å². The Bertz CT molecular complexity index is 532. The van der Waals surface area contributed by atoms with Gasteiger partial charge in [-0.1, -0.05) is 25.6 Å². The molecule has 0 bridgehead atoms. The molecule has 0 fully saturated rings. The standard InChI is InChI=1S/C12H15N3O5S/c1-7(2)11(12(17)18)14-9(16)6-21-10-4-3-8(5-13-10)15(19)20/h3-5,7,11H,6H2,1-2H3,(H,14,16)(H,17,18). The molecule has 1 heterocycles. The zero-order chi connectivity index (χ0) is 16.0. The van der Waals surface area contributed by atoms with Gasteiger partial charge >= 0.3 is 5.97 Å². The van der Waals surface area contributed by atoms with Crippen LogP contribution < -0.4 is 5.32 Å². The van der Waals surface area contributed by atoms with E-state index in [1.54, 1.807) is 13.8 Å². The van der Waals surface area contributed by atoms with Gasteiger partial charge in [-0.3, -0.25) is 14.9 Å². The van der Waals surface area contributed by atoms with Gasteiger partial charge in [0.25, 0.3) is 5.69 Å². The van der Waals surface area contributed by atoms with Crippen LogP contribution in [0, 0.1) is 16.0 Å². The van der Waals surface area contributed by atoms with E-state index in [4.69, 9.17) is 5.11 Å². The number of hydrogen-bond donors (Lipinski definition) is 2. The predicted molar refractivity (Wildman–Crippen MR) is 76.0 cm³/mol. The van der Waals surface area contributed by atoms with Gasteiger partial charge in [-0.05, 0) is 12.0 Å². The number of nitrogens with zero attached hydrogens (tertiary/aromatic N) is 2. The topological polar surface area (TPSA) is 122 Å². The summed E-state index contributed by atoms with van der Waals surface area (Å²) in [6.07, 6.45) is 1.11. The van der Waals surface area contributed by atoms with Crippen LogP contribution in [-0.2, 0) is 9.59 Å². The van der Waals surface area contributed by atoms with Gasteiger partial charge in [0.1, 0.15) is 12.2 Å². The summed E-state index contributed by atoms with van der Waals surface area (Å²) in [5, 5.41) is 22.3. The number of pyridine rings is 1. The molecule has 114 valence electrons. The summed E-state index contributed by atoms with van der Waals surface area (Å²) >= 11 is 1.08. The summed E-state index contributed by atoms with van der Waals surface area (Å²) in [6.45, 7) is 3.40. The van der Waals surface area contributed by atoms with E-state index in [0.29, 0.717) is 5.03 Å². The van der Waals surface area contributed by atoms with E-state index in [0.717, 1.165) is 18.0 Å². The van der Waals surface area contributed by atoms with Gasteiger partial charge in [0.05, 0.1) is 15.7 Å². The average molecular weight is 313 g/mol. The van der Waals surface area contributed by atoms with E-state index < -0.39 is 22.8 Å². The monoisotopic (exact) mass is 313 g/mol. The molecular formula is C12H15N3O5S. The van der Waals surface area contributed by atoms with Crippen molar-refractivity contribution in [3.63, 3.8) is 0 Å². The van der Waals surface area contributed by atoms with Crippen molar-refractivity contribution in [2.45, 2.75) is 24.9 Å². The Morgan fingerprint density at radius 1 is 1.48 bits per heavy atom. The van der Waals surface area contributed by atoms with Crippen molar-refractivity contribution >= 4 is 29.3 Å². The first-order valence-electron chi connectivity index (χ1n) is 6.06. The number of nitrogens with one attached hydrogen (secondary N) is 1.